The van der Waals surface area contributed by atoms with E-state index in [0.717, 1.165) is 25.5 Å². The molecule has 0 radical (unpaired) electrons. The zero-order chi connectivity index (χ0) is 13.8. The fraction of sp³-hybridized carbons (Fsp3) is 0.462. The molecular weight excluding hydrogens is 256 g/mol. The summed E-state index contributed by atoms with van der Waals surface area (Å²) in [7, 11) is 0. The Labute approximate surface area is 109 Å². The maximum Gasteiger partial charge on any atom is 0.338 e. The van der Waals surface area contributed by atoms with Crippen LogP contribution < -0.4 is 5.32 Å². The fourth-order valence-corrected chi connectivity index (χ4v) is 2.09. The van der Waals surface area contributed by atoms with Crippen LogP contribution in [-0.2, 0) is 4.74 Å². The minimum absolute atomic E-state index is 0.0273. The van der Waals surface area contributed by atoms with Gasteiger partial charge in [-0.05, 0) is 31.4 Å². The highest BCUT2D eigenvalue weighted by atomic mass is 19.2. The molecule has 0 aromatic heterocycles. The number of anilines is 1. The molecule has 1 aromatic carbocycles. The first-order chi connectivity index (χ1) is 9.09. The fourth-order valence-electron chi connectivity index (χ4n) is 2.09. The third-order valence-corrected chi connectivity index (χ3v) is 3.12. The van der Waals surface area contributed by atoms with Crippen LogP contribution in [0.5, 0.6) is 0 Å². The van der Waals surface area contributed by atoms with Crippen molar-refractivity contribution in [2.45, 2.75) is 25.4 Å². The number of ether oxygens (including phenoxy) is 1. The summed E-state index contributed by atoms with van der Waals surface area (Å²) in [4.78, 5) is 10.6. The first kappa shape index (κ1) is 13.7. The molecule has 0 spiro atoms. The summed E-state index contributed by atoms with van der Waals surface area (Å²) >= 11 is 0. The van der Waals surface area contributed by atoms with Crippen molar-refractivity contribution in [3.63, 3.8) is 0 Å². The van der Waals surface area contributed by atoms with Crippen LogP contribution in [0, 0.1) is 11.6 Å². The second kappa shape index (κ2) is 5.97. The topological polar surface area (TPSA) is 58.6 Å². The van der Waals surface area contributed by atoms with Crippen molar-refractivity contribution < 1.29 is 23.4 Å². The molecule has 1 unspecified atom stereocenters. The molecule has 1 aliphatic heterocycles. The van der Waals surface area contributed by atoms with Crippen LogP contribution in [0.2, 0.25) is 0 Å². The molecule has 104 valence electrons. The monoisotopic (exact) mass is 271 g/mol. The Hall–Kier alpha value is -1.69. The average molecular weight is 271 g/mol. The Morgan fingerprint density at radius 2 is 2.21 bits per heavy atom. The molecule has 2 N–H and O–H groups in total. The first-order valence-electron chi connectivity index (χ1n) is 6.16. The molecule has 1 heterocycles. The van der Waals surface area contributed by atoms with Gasteiger partial charge in [0, 0.05) is 13.2 Å². The molecular formula is C13H15F2NO3. The predicted molar refractivity (Wildman–Crippen MR) is 65.4 cm³/mol. The molecule has 4 nitrogen and oxygen atoms in total. The van der Waals surface area contributed by atoms with E-state index in [-0.39, 0.29) is 11.8 Å². The number of benzene rings is 1. The van der Waals surface area contributed by atoms with E-state index in [1.54, 1.807) is 0 Å². The quantitative estimate of drug-likeness (QED) is 0.864. The zero-order valence-corrected chi connectivity index (χ0v) is 10.3. The van der Waals surface area contributed by atoms with Crippen LogP contribution in [-0.4, -0.2) is 30.3 Å². The van der Waals surface area contributed by atoms with Crippen LogP contribution in [0.15, 0.2) is 12.1 Å². The lowest BCUT2D eigenvalue weighted by Gasteiger charge is -2.12. The van der Waals surface area contributed by atoms with Gasteiger partial charge in [-0.2, -0.15) is 0 Å². The first-order valence-corrected chi connectivity index (χ1v) is 6.16. The summed E-state index contributed by atoms with van der Waals surface area (Å²) < 4.78 is 32.4. The number of carbonyl (C=O) groups is 1. The van der Waals surface area contributed by atoms with E-state index < -0.39 is 23.2 Å². The van der Waals surface area contributed by atoms with Gasteiger partial charge < -0.3 is 15.2 Å². The van der Waals surface area contributed by atoms with Gasteiger partial charge in [0.15, 0.2) is 11.6 Å². The van der Waals surface area contributed by atoms with Crippen LogP contribution >= 0.6 is 0 Å². The maximum atomic E-state index is 13.6. The second-order valence-electron chi connectivity index (χ2n) is 4.44. The standard InChI is InChI=1S/C13H15F2NO3/c14-11-9(13(17)18)3-4-10(12(11)15)16-6-5-8-2-1-7-19-8/h3-4,8,16H,1-2,5-7H2,(H,17,18). The van der Waals surface area contributed by atoms with E-state index in [1.165, 1.54) is 6.07 Å². The molecule has 1 aromatic rings. The Morgan fingerprint density at radius 3 is 2.84 bits per heavy atom. The molecule has 0 aliphatic carbocycles. The molecule has 0 amide bonds. The van der Waals surface area contributed by atoms with Gasteiger partial charge in [-0.1, -0.05) is 0 Å². The van der Waals surface area contributed by atoms with Gasteiger partial charge in [0.1, 0.15) is 0 Å². The molecule has 6 heteroatoms. The Morgan fingerprint density at radius 1 is 1.42 bits per heavy atom. The van der Waals surface area contributed by atoms with E-state index >= 15 is 0 Å². The van der Waals surface area contributed by atoms with Gasteiger partial charge >= 0.3 is 5.97 Å². The van der Waals surface area contributed by atoms with Crippen LogP contribution in [0.25, 0.3) is 0 Å². The van der Waals surface area contributed by atoms with Crippen LogP contribution in [0.3, 0.4) is 0 Å². The van der Waals surface area contributed by atoms with Crippen molar-refractivity contribution in [2.24, 2.45) is 0 Å². The number of halogens is 2. The number of carboxylic acid groups (broad SMARTS) is 1. The van der Waals surface area contributed by atoms with Crippen molar-refractivity contribution in [3.05, 3.63) is 29.3 Å². The molecule has 0 bridgehead atoms. The molecule has 0 saturated carbocycles. The SMILES string of the molecule is O=C(O)c1ccc(NCCC2CCCO2)c(F)c1F. The van der Waals surface area contributed by atoms with Gasteiger partial charge in [-0.15, -0.1) is 0 Å². The minimum Gasteiger partial charge on any atom is -0.478 e. The molecule has 1 saturated heterocycles. The number of hydrogen-bond acceptors (Lipinski definition) is 3. The number of nitrogens with one attached hydrogen (secondary N) is 1. The second-order valence-corrected chi connectivity index (χ2v) is 4.44. The van der Waals surface area contributed by atoms with Gasteiger partial charge in [0.2, 0.25) is 0 Å². The van der Waals surface area contributed by atoms with Crippen molar-refractivity contribution >= 4 is 11.7 Å². The summed E-state index contributed by atoms with van der Waals surface area (Å²) in [5.41, 5.74) is -0.692. The van der Waals surface area contributed by atoms with Gasteiger partial charge in [-0.25, -0.2) is 13.6 Å². The lowest BCUT2D eigenvalue weighted by atomic mass is 10.1. The lowest BCUT2D eigenvalue weighted by molar-refractivity contribution is 0.0690. The number of aromatic carboxylic acids is 1. The van der Waals surface area contributed by atoms with Crippen molar-refractivity contribution in [3.8, 4) is 0 Å². The summed E-state index contributed by atoms with van der Waals surface area (Å²) in [5, 5.41) is 11.4. The van der Waals surface area contributed by atoms with E-state index in [4.69, 9.17) is 9.84 Å². The highest BCUT2D eigenvalue weighted by Crippen LogP contribution is 2.21. The van der Waals surface area contributed by atoms with E-state index in [2.05, 4.69) is 5.32 Å². The zero-order valence-electron chi connectivity index (χ0n) is 10.3. The molecule has 1 atom stereocenters. The Kier molecular flexibility index (Phi) is 4.31. The predicted octanol–water partition coefficient (Wildman–Crippen LogP) is 2.64. The molecule has 1 fully saturated rings. The summed E-state index contributed by atoms with van der Waals surface area (Å²) in [6.07, 6.45) is 2.89. The lowest BCUT2D eigenvalue weighted by Crippen LogP contribution is -2.14. The number of rotatable bonds is 5. The highest BCUT2D eigenvalue weighted by molar-refractivity contribution is 5.88. The summed E-state index contributed by atoms with van der Waals surface area (Å²) in [6, 6.07) is 2.28. The number of hydrogen-bond donors (Lipinski definition) is 2. The van der Waals surface area contributed by atoms with Crippen molar-refractivity contribution in [2.75, 3.05) is 18.5 Å². The van der Waals surface area contributed by atoms with E-state index in [0.29, 0.717) is 13.0 Å². The normalized spacial score (nSPS) is 18.5. The summed E-state index contributed by atoms with van der Waals surface area (Å²) in [6.45, 7) is 1.20. The third-order valence-electron chi connectivity index (χ3n) is 3.12. The highest BCUT2D eigenvalue weighted by Gasteiger charge is 2.19. The average Bonchev–Trinajstić information content (AvgIpc) is 2.87. The van der Waals surface area contributed by atoms with Gasteiger partial charge in [-0.3, -0.25) is 0 Å². The summed E-state index contributed by atoms with van der Waals surface area (Å²) in [5.74, 6) is -3.98. The smallest absolute Gasteiger partial charge is 0.338 e. The van der Waals surface area contributed by atoms with E-state index in [9.17, 15) is 13.6 Å². The molecule has 1 aliphatic rings. The van der Waals surface area contributed by atoms with Crippen molar-refractivity contribution in [1.29, 1.82) is 0 Å². The van der Waals surface area contributed by atoms with Crippen LogP contribution in [0.1, 0.15) is 29.6 Å². The number of carboxylic acids is 1. The largest absolute Gasteiger partial charge is 0.478 e. The van der Waals surface area contributed by atoms with Crippen LogP contribution in [0.4, 0.5) is 14.5 Å². The molecule has 19 heavy (non-hydrogen) atoms. The van der Waals surface area contributed by atoms with E-state index in [1.807, 2.05) is 0 Å². The Balaban J connectivity index is 1.96. The van der Waals surface area contributed by atoms with Gasteiger partial charge in [0.25, 0.3) is 0 Å². The minimum atomic E-state index is -1.48. The molecule has 2 rings (SSSR count). The Bertz CT molecular complexity index is 473. The van der Waals surface area contributed by atoms with Crippen molar-refractivity contribution in [1.82, 2.24) is 0 Å². The van der Waals surface area contributed by atoms with Gasteiger partial charge in [0.05, 0.1) is 17.4 Å². The maximum absolute atomic E-state index is 13.6. The third kappa shape index (κ3) is 3.20.